The molecule has 112 valence electrons. The van der Waals surface area contributed by atoms with Crippen molar-refractivity contribution in [3.63, 3.8) is 0 Å². The van der Waals surface area contributed by atoms with Crippen LogP contribution in [-0.2, 0) is 15.9 Å². The van der Waals surface area contributed by atoms with Gasteiger partial charge in [-0.15, -0.1) is 0 Å². The van der Waals surface area contributed by atoms with E-state index in [1.54, 1.807) is 0 Å². The third-order valence-electron chi connectivity index (χ3n) is 3.55. The Hall–Kier alpha value is -0.640. The molecule has 1 nitrogen and oxygen atoms in total. The van der Waals surface area contributed by atoms with Crippen LogP contribution in [0.1, 0.15) is 38.8 Å². The minimum absolute atomic E-state index is 0.379. The highest BCUT2D eigenvalue weighted by Crippen LogP contribution is 2.37. The molecule has 0 radical (unpaired) electrons. The molecule has 0 amide bonds. The summed E-state index contributed by atoms with van der Waals surface area (Å²) in [6.45, 7) is 8.42. The summed E-state index contributed by atoms with van der Waals surface area (Å²) in [5, 5.41) is 0. The van der Waals surface area contributed by atoms with Gasteiger partial charge in [0.25, 0.3) is 0 Å². The van der Waals surface area contributed by atoms with Gasteiger partial charge in [-0.05, 0) is 63.1 Å². The smallest absolute Gasteiger partial charge is 0.0887 e. The second-order valence-corrected chi connectivity index (χ2v) is 7.97. The number of ether oxygens (including phenoxy) is 1. The van der Waals surface area contributed by atoms with E-state index in [2.05, 4.69) is 83.8 Å². The van der Waals surface area contributed by atoms with E-state index < -0.39 is 0 Å². The van der Waals surface area contributed by atoms with Crippen molar-refractivity contribution < 1.29 is 4.74 Å². The maximum absolute atomic E-state index is 6.47. The number of benzene rings is 2. The fourth-order valence-electron chi connectivity index (χ4n) is 2.48. The molecular formula is C18H20Br2O. The van der Waals surface area contributed by atoms with Crippen molar-refractivity contribution in [3.8, 4) is 0 Å². The zero-order chi connectivity index (χ0) is 15.7. The number of hydrogen-bond donors (Lipinski definition) is 0. The molecule has 0 N–H and O–H groups in total. The predicted molar refractivity (Wildman–Crippen MR) is 95.4 cm³/mol. The molecule has 0 aliphatic carbocycles. The SMILES string of the molecule is CC(C)(OC(C)(C)c1cccc(Br)c1)c1cccc(Br)c1. The Labute approximate surface area is 144 Å². The first-order valence-electron chi connectivity index (χ1n) is 6.93. The average molecular weight is 412 g/mol. The van der Waals surface area contributed by atoms with E-state index in [4.69, 9.17) is 4.74 Å². The molecule has 0 fully saturated rings. The third-order valence-corrected chi connectivity index (χ3v) is 4.54. The van der Waals surface area contributed by atoms with Crippen molar-refractivity contribution in [1.29, 1.82) is 0 Å². The standard InChI is InChI=1S/C18H20Br2O/c1-17(2,13-7-5-9-15(19)11-13)21-18(3,4)14-8-6-10-16(20)12-14/h5-12H,1-4H3. The Morgan fingerprint density at radius 1 is 0.714 bits per heavy atom. The lowest BCUT2D eigenvalue weighted by molar-refractivity contribution is -0.132. The summed E-state index contributed by atoms with van der Waals surface area (Å²) in [7, 11) is 0. The van der Waals surface area contributed by atoms with Crippen LogP contribution in [0.5, 0.6) is 0 Å². The summed E-state index contributed by atoms with van der Waals surface area (Å²) in [4.78, 5) is 0. The largest absolute Gasteiger partial charge is 0.360 e. The topological polar surface area (TPSA) is 9.23 Å². The predicted octanol–water partition coefficient (Wildman–Crippen LogP) is 6.40. The van der Waals surface area contributed by atoms with Gasteiger partial charge < -0.3 is 4.74 Å². The maximum atomic E-state index is 6.47. The van der Waals surface area contributed by atoms with Gasteiger partial charge in [0.1, 0.15) is 0 Å². The van der Waals surface area contributed by atoms with E-state index in [0.717, 1.165) is 20.1 Å². The van der Waals surface area contributed by atoms with Crippen LogP contribution in [0, 0.1) is 0 Å². The molecule has 0 spiro atoms. The first-order valence-corrected chi connectivity index (χ1v) is 8.51. The Morgan fingerprint density at radius 2 is 1.10 bits per heavy atom. The fourth-order valence-corrected chi connectivity index (χ4v) is 3.28. The molecule has 0 aliphatic rings. The number of halogens is 2. The van der Waals surface area contributed by atoms with Gasteiger partial charge in [-0.25, -0.2) is 0 Å². The lowest BCUT2D eigenvalue weighted by Gasteiger charge is -2.37. The maximum Gasteiger partial charge on any atom is 0.0887 e. The molecule has 0 atom stereocenters. The molecule has 0 bridgehead atoms. The van der Waals surface area contributed by atoms with Gasteiger partial charge in [-0.1, -0.05) is 56.1 Å². The van der Waals surface area contributed by atoms with E-state index in [1.165, 1.54) is 0 Å². The normalized spacial score (nSPS) is 12.5. The van der Waals surface area contributed by atoms with Gasteiger partial charge in [0.05, 0.1) is 11.2 Å². The van der Waals surface area contributed by atoms with E-state index >= 15 is 0 Å². The molecule has 0 heterocycles. The molecule has 0 unspecified atom stereocenters. The second-order valence-electron chi connectivity index (χ2n) is 6.14. The Morgan fingerprint density at radius 3 is 1.43 bits per heavy atom. The highest BCUT2D eigenvalue weighted by atomic mass is 79.9. The third kappa shape index (κ3) is 4.18. The van der Waals surface area contributed by atoms with Crippen molar-refractivity contribution in [3.05, 3.63) is 68.6 Å². The summed E-state index contributed by atoms with van der Waals surface area (Å²) < 4.78 is 8.60. The molecule has 2 rings (SSSR count). The first-order chi connectivity index (χ1) is 9.71. The van der Waals surface area contributed by atoms with Crippen LogP contribution < -0.4 is 0 Å². The molecular weight excluding hydrogens is 392 g/mol. The Balaban J connectivity index is 2.30. The van der Waals surface area contributed by atoms with Gasteiger partial charge in [0, 0.05) is 8.95 Å². The number of rotatable bonds is 4. The van der Waals surface area contributed by atoms with Crippen LogP contribution in [0.2, 0.25) is 0 Å². The van der Waals surface area contributed by atoms with E-state index in [1.807, 2.05) is 24.3 Å². The van der Waals surface area contributed by atoms with Crippen molar-refractivity contribution in [2.45, 2.75) is 38.9 Å². The van der Waals surface area contributed by atoms with Crippen molar-refractivity contribution in [2.75, 3.05) is 0 Å². The van der Waals surface area contributed by atoms with E-state index in [9.17, 15) is 0 Å². The summed E-state index contributed by atoms with van der Waals surface area (Å²) in [5.74, 6) is 0. The van der Waals surface area contributed by atoms with Crippen LogP contribution in [-0.4, -0.2) is 0 Å². The van der Waals surface area contributed by atoms with Crippen LogP contribution in [0.4, 0.5) is 0 Å². The zero-order valence-electron chi connectivity index (χ0n) is 12.8. The first kappa shape index (κ1) is 16.7. The van der Waals surface area contributed by atoms with Gasteiger partial charge in [-0.2, -0.15) is 0 Å². The monoisotopic (exact) mass is 410 g/mol. The fraction of sp³-hybridized carbons (Fsp3) is 0.333. The molecule has 0 saturated heterocycles. The van der Waals surface area contributed by atoms with Crippen LogP contribution >= 0.6 is 31.9 Å². The highest BCUT2D eigenvalue weighted by Gasteiger charge is 2.32. The van der Waals surface area contributed by atoms with Gasteiger partial charge in [0.15, 0.2) is 0 Å². The molecule has 0 saturated carbocycles. The summed E-state index contributed by atoms with van der Waals surface area (Å²) in [6, 6.07) is 16.5. The zero-order valence-corrected chi connectivity index (χ0v) is 16.0. The highest BCUT2D eigenvalue weighted by molar-refractivity contribution is 9.10. The lowest BCUT2D eigenvalue weighted by atomic mass is 9.93. The lowest BCUT2D eigenvalue weighted by Crippen LogP contribution is -2.33. The quantitative estimate of drug-likeness (QED) is 0.565. The van der Waals surface area contributed by atoms with Crippen LogP contribution in [0.25, 0.3) is 0 Å². The van der Waals surface area contributed by atoms with Gasteiger partial charge >= 0.3 is 0 Å². The molecule has 0 aromatic heterocycles. The second kappa shape index (κ2) is 6.23. The van der Waals surface area contributed by atoms with Crippen LogP contribution in [0.15, 0.2) is 57.5 Å². The van der Waals surface area contributed by atoms with Crippen molar-refractivity contribution in [2.24, 2.45) is 0 Å². The van der Waals surface area contributed by atoms with E-state index in [0.29, 0.717) is 0 Å². The van der Waals surface area contributed by atoms with Gasteiger partial charge in [-0.3, -0.25) is 0 Å². The Bertz CT molecular complexity index is 577. The molecule has 3 heteroatoms. The van der Waals surface area contributed by atoms with Crippen molar-refractivity contribution >= 4 is 31.9 Å². The molecule has 0 aliphatic heterocycles. The Kier molecular flexibility index (Phi) is 4.96. The average Bonchev–Trinajstić information content (AvgIpc) is 2.37. The van der Waals surface area contributed by atoms with Gasteiger partial charge in [0.2, 0.25) is 0 Å². The minimum Gasteiger partial charge on any atom is -0.360 e. The van der Waals surface area contributed by atoms with Crippen LogP contribution in [0.3, 0.4) is 0 Å². The number of hydrogen-bond acceptors (Lipinski definition) is 1. The minimum atomic E-state index is -0.379. The molecule has 2 aromatic carbocycles. The van der Waals surface area contributed by atoms with Crippen molar-refractivity contribution in [1.82, 2.24) is 0 Å². The summed E-state index contributed by atoms with van der Waals surface area (Å²) in [5.41, 5.74) is 1.55. The summed E-state index contributed by atoms with van der Waals surface area (Å²) in [6.07, 6.45) is 0. The molecule has 21 heavy (non-hydrogen) atoms. The van der Waals surface area contributed by atoms with E-state index in [-0.39, 0.29) is 11.2 Å². The summed E-state index contributed by atoms with van der Waals surface area (Å²) >= 11 is 7.05. The molecule has 2 aromatic rings.